The van der Waals surface area contributed by atoms with Gasteiger partial charge >= 0.3 is 5.97 Å². The van der Waals surface area contributed by atoms with Crippen LogP contribution in [-0.2, 0) is 0 Å². The first-order chi connectivity index (χ1) is 10.8. The topological polar surface area (TPSA) is 63.6 Å². The molecule has 0 radical (unpaired) electrons. The largest absolute Gasteiger partial charge is 0.493 e. The van der Waals surface area contributed by atoms with Crippen LogP contribution in [0.5, 0.6) is 5.75 Å². The van der Waals surface area contributed by atoms with Gasteiger partial charge in [0.05, 0.1) is 12.7 Å². The summed E-state index contributed by atoms with van der Waals surface area (Å²) in [5.41, 5.74) is 1.24. The molecule has 0 atom stereocenters. The molecule has 23 heavy (non-hydrogen) atoms. The highest BCUT2D eigenvalue weighted by Gasteiger charge is 2.22. The van der Waals surface area contributed by atoms with Gasteiger partial charge in [0.15, 0.2) is 17.3 Å². The maximum absolute atomic E-state index is 14.4. The van der Waals surface area contributed by atoms with Gasteiger partial charge < -0.3 is 9.84 Å². The minimum Gasteiger partial charge on any atom is -0.493 e. The zero-order valence-electron chi connectivity index (χ0n) is 12.7. The molecule has 0 aliphatic rings. The van der Waals surface area contributed by atoms with Gasteiger partial charge in [-0.05, 0) is 49.2 Å². The van der Waals surface area contributed by atoms with E-state index in [1.54, 1.807) is 19.1 Å². The van der Waals surface area contributed by atoms with Crippen LogP contribution in [0, 0.1) is 12.7 Å². The van der Waals surface area contributed by atoms with Gasteiger partial charge in [0.1, 0.15) is 0 Å². The van der Waals surface area contributed by atoms with Crippen molar-refractivity contribution in [1.82, 2.24) is 0 Å². The van der Waals surface area contributed by atoms with E-state index in [2.05, 4.69) is 0 Å². The molecule has 0 aromatic heterocycles. The second-order valence-electron chi connectivity index (χ2n) is 5.05. The third-order valence-electron chi connectivity index (χ3n) is 3.45. The highest BCUT2D eigenvalue weighted by Crippen LogP contribution is 2.38. The van der Waals surface area contributed by atoms with E-state index in [9.17, 15) is 14.0 Å². The number of hydrogen-bond acceptors (Lipinski definition) is 3. The number of rotatable bonds is 4. The highest BCUT2D eigenvalue weighted by atomic mass is 35.5. The van der Waals surface area contributed by atoms with Gasteiger partial charge in [0.25, 0.3) is 0 Å². The van der Waals surface area contributed by atoms with Crippen LogP contribution in [0.1, 0.15) is 33.2 Å². The molecule has 0 unspecified atom stereocenters. The van der Waals surface area contributed by atoms with Crippen molar-refractivity contribution in [1.29, 1.82) is 0 Å². The van der Waals surface area contributed by atoms with Gasteiger partial charge in [-0.25, -0.2) is 9.18 Å². The van der Waals surface area contributed by atoms with Crippen molar-refractivity contribution >= 4 is 23.4 Å². The van der Waals surface area contributed by atoms with Crippen LogP contribution in [-0.4, -0.2) is 24.0 Å². The maximum atomic E-state index is 14.4. The molecule has 0 bridgehead atoms. The van der Waals surface area contributed by atoms with E-state index in [0.29, 0.717) is 27.3 Å². The number of ketones is 1. The summed E-state index contributed by atoms with van der Waals surface area (Å²) in [4.78, 5) is 22.7. The van der Waals surface area contributed by atoms with Gasteiger partial charge in [-0.1, -0.05) is 11.6 Å². The maximum Gasteiger partial charge on any atom is 0.338 e. The summed E-state index contributed by atoms with van der Waals surface area (Å²) >= 11 is 6.03. The molecule has 120 valence electrons. The second-order valence-corrected chi connectivity index (χ2v) is 5.49. The Balaban J connectivity index is 2.81. The first kappa shape index (κ1) is 17.0. The lowest BCUT2D eigenvalue weighted by molar-refractivity contribution is 0.0690. The van der Waals surface area contributed by atoms with E-state index in [1.165, 1.54) is 26.2 Å². The van der Waals surface area contributed by atoms with Crippen molar-refractivity contribution in [2.75, 3.05) is 7.11 Å². The molecular formula is C17H14ClFO4. The van der Waals surface area contributed by atoms with Crippen molar-refractivity contribution in [3.8, 4) is 16.9 Å². The van der Waals surface area contributed by atoms with Gasteiger partial charge in [-0.15, -0.1) is 0 Å². The lowest BCUT2D eigenvalue weighted by atomic mass is 9.94. The molecule has 2 rings (SSSR count). The number of ether oxygens (including phenoxy) is 1. The van der Waals surface area contributed by atoms with Crippen LogP contribution in [0.3, 0.4) is 0 Å². The van der Waals surface area contributed by atoms with Crippen LogP contribution in [0.15, 0.2) is 24.3 Å². The fourth-order valence-corrected chi connectivity index (χ4v) is 2.64. The van der Waals surface area contributed by atoms with Crippen LogP contribution < -0.4 is 4.74 Å². The van der Waals surface area contributed by atoms with E-state index in [0.717, 1.165) is 0 Å². The molecule has 1 N–H and O–H groups in total. The molecule has 0 aliphatic carbocycles. The molecule has 0 spiro atoms. The Bertz CT molecular complexity index is 815. The first-order valence-corrected chi connectivity index (χ1v) is 7.06. The summed E-state index contributed by atoms with van der Waals surface area (Å²) in [6.45, 7) is 3.03. The van der Waals surface area contributed by atoms with Gasteiger partial charge in [0, 0.05) is 16.1 Å². The Labute approximate surface area is 137 Å². The lowest BCUT2D eigenvalue weighted by Crippen LogP contribution is -2.06. The first-order valence-electron chi connectivity index (χ1n) is 6.68. The molecule has 0 saturated carbocycles. The van der Waals surface area contributed by atoms with Gasteiger partial charge in [-0.3, -0.25) is 4.79 Å². The fraction of sp³-hybridized carbons (Fsp3) is 0.176. The smallest absolute Gasteiger partial charge is 0.338 e. The van der Waals surface area contributed by atoms with Crippen LogP contribution >= 0.6 is 11.6 Å². The number of aromatic carboxylic acids is 1. The summed E-state index contributed by atoms with van der Waals surface area (Å²) in [6, 6.07) is 5.87. The summed E-state index contributed by atoms with van der Waals surface area (Å²) in [5.74, 6) is -2.73. The molecule has 2 aromatic rings. The molecule has 0 heterocycles. The molecule has 0 fully saturated rings. The number of aryl methyl sites for hydroxylation is 1. The summed E-state index contributed by atoms with van der Waals surface area (Å²) in [7, 11) is 1.25. The second kappa shape index (κ2) is 6.38. The number of methoxy groups -OCH3 is 1. The third kappa shape index (κ3) is 3.19. The number of halogens is 2. The molecule has 6 heteroatoms. The van der Waals surface area contributed by atoms with Crippen LogP contribution in [0.2, 0.25) is 5.02 Å². The number of hydrogen-bond donors (Lipinski definition) is 1. The molecule has 2 aromatic carbocycles. The normalized spacial score (nSPS) is 10.5. The Morgan fingerprint density at radius 3 is 2.39 bits per heavy atom. The summed E-state index contributed by atoms with van der Waals surface area (Å²) in [6.07, 6.45) is 0. The number of carbonyl (C=O) groups is 2. The average molecular weight is 337 g/mol. The Morgan fingerprint density at radius 1 is 1.22 bits per heavy atom. The van der Waals surface area contributed by atoms with Crippen molar-refractivity contribution in [3.63, 3.8) is 0 Å². The molecule has 0 amide bonds. The van der Waals surface area contributed by atoms with Gasteiger partial charge in [-0.2, -0.15) is 0 Å². The summed E-state index contributed by atoms with van der Waals surface area (Å²) in [5, 5.41) is 9.39. The van der Waals surface area contributed by atoms with E-state index in [1.807, 2.05) is 0 Å². The van der Waals surface area contributed by atoms with Crippen molar-refractivity contribution in [3.05, 3.63) is 51.8 Å². The van der Waals surface area contributed by atoms with E-state index < -0.39 is 17.3 Å². The minimum absolute atomic E-state index is 0.187. The molecular weight excluding hydrogens is 323 g/mol. The minimum atomic E-state index is -1.38. The number of carboxylic acid groups (broad SMARTS) is 1. The Morgan fingerprint density at radius 2 is 1.87 bits per heavy atom. The molecule has 0 saturated heterocycles. The van der Waals surface area contributed by atoms with Crippen molar-refractivity contribution in [2.24, 2.45) is 0 Å². The predicted octanol–water partition coefficient (Wildman–Crippen LogP) is 4.36. The number of carbonyl (C=O) groups excluding carboxylic acids is 1. The quantitative estimate of drug-likeness (QED) is 0.842. The SMILES string of the molecule is COc1c(F)c(C(=O)O)cc(C)c1-c1cc(Cl)cc(C(C)=O)c1. The fourth-order valence-electron chi connectivity index (χ4n) is 2.41. The zero-order chi connectivity index (χ0) is 17.3. The number of Topliss-reactive ketones (excluding diaryl/α,β-unsaturated/α-hetero) is 1. The van der Waals surface area contributed by atoms with E-state index in [-0.39, 0.29) is 11.5 Å². The molecule has 4 nitrogen and oxygen atoms in total. The van der Waals surface area contributed by atoms with Gasteiger partial charge in [0.2, 0.25) is 0 Å². The highest BCUT2D eigenvalue weighted by molar-refractivity contribution is 6.31. The monoisotopic (exact) mass is 336 g/mol. The van der Waals surface area contributed by atoms with E-state index in [4.69, 9.17) is 21.4 Å². The van der Waals surface area contributed by atoms with E-state index >= 15 is 0 Å². The predicted molar refractivity (Wildman–Crippen MR) is 85.1 cm³/mol. The third-order valence-corrected chi connectivity index (χ3v) is 3.66. The van der Waals surface area contributed by atoms with Crippen molar-refractivity contribution < 1.29 is 23.8 Å². The number of carboxylic acids is 1. The lowest BCUT2D eigenvalue weighted by Gasteiger charge is -2.15. The standard InChI is InChI=1S/C17H14ClFO4/c1-8-4-13(17(21)22)15(19)16(23-3)14(8)11-5-10(9(2)20)6-12(18)7-11/h4-7H,1-3H3,(H,21,22). The number of benzene rings is 2. The summed E-state index contributed by atoms with van der Waals surface area (Å²) < 4.78 is 19.5. The van der Waals surface area contributed by atoms with Crippen LogP contribution in [0.25, 0.3) is 11.1 Å². The molecule has 0 aliphatic heterocycles. The Kier molecular flexibility index (Phi) is 4.71. The Hall–Kier alpha value is -2.40. The van der Waals surface area contributed by atoms with Crippen molar-refractivity contribution in [2.45, 2.75) is 13.8 Å². The van der Waals surface area contributed by atoms with Crippen LogP contribution in [0.4, 0.5) is 4.39 Å². The average Bonchev–Trinajstić information content (AvgIpc) is 2.47. The zero-order valence-corrected chi connectivity index (χ0v) is 13.5.